The molecule has 0 unspecified atom stereocenters. The number of pyridine rings is 3. The molecule has 4 heterocycles. The number of fused-ring (bicyclic) bond motifs is 3. The smallest absolute Gasteiger partial charge is 0.501 e. The Balaban J connectivity index is 0.00000676. The molecule has 0 spiro atoms. The van der Waals surface area contributed by atoms with Crippen molar-refractivity contribution in [1.82, 2.24) is 15.0 Å². The molecule has 4 aromatic heterocycles. The van der Waals surface area contributed by atoms with Gasteiger partial charge in [0.05, 0.1) is 20.0 Å². The SMILES string of the molecule is [2H]c1cc2c(oc3c(-c4cc(F)c(C([2H])([2H])C([2H])([2H])c5cc(C([2H])([2H])Cc6cnc(-c7[c-]cccc7)cc6F)cc(C([2H])([2H])Cc6cnc(-c7[c-]cccc7)cc6F)c5)cn4)[c-]ccc32)c([2H])c1C#N.[Ir+3]. The van der Waals surface area contributed by atoms with E-state index in [1.165, 1.54) is 12.1 Å². The van der Waals surface area contributed by atoms with E-state index < -0.39 is 78.0 Å². The van der Waals surface area contributed by atoms with Gasteiger partial charge in [0, 0.05) is 51.6 Å². The first-order valence-electron chi connectivity index (χ1n) is 23.5. The number of halogens is 3. The van der Waals surface area contributed by atoms with Crippen molar-refractivity contribution in [3.63, 3.8) is 0 Å². The predicted molar refractivity (Wildman–Crippen MR) is 226 cm³/mol. The minimum Gasteiger partial charge on any atom is -0.501 e. The Morgan fingerprint density at radius 3 is 1.74 bits per heavy atom. The maximum absolute atomic E-state index is 16.5. The summed E-state index contributed by atoms with van der Waals surface area (Å²) in [6, 6.07) is 34.1. The van der Waals surface area contributed by atoms with Gasteiger partial charge in [0.25, 0.3) is 0 Å². The maximum atomic E-state index is 16.5. The van der Waals surface area contributed by atoms with E-state index in [2.05, 4.69) is 33.2 Å². The van der Waals surface area contributed by atoms with Gasteiger partial charge in [-0.25, -0.2) is 13.2 Å². The minimum atomic E-state index is -3.31. The molecule has 0 N–H and O–H groups in total. The van der Waals surface area contributed by atoms with Gasteiger partial charge in [-0.2, -0.15) is 5.26 Å². The third kappa shape index (κ3) is 9.07. The Hall–Kier alpha value is -6.72. The van der Waals surface area contributed by atoms with E-state index in [4.69, 9.17) is 7.16 Å². The largest absolute Gasteiger partial charge is 3.00 e. The molecule has 5 aromatic carbocycles. The standard InChI is InChI=1S/C52H34F3N4O.Ir/c53-45-26-48(37-8-3-1-4-9-37)57-30-39(45)18-14-33-22-34(15-19-40-31-58-49(27-46(40)54)38-10-5-2-6-11-38)24-35(23-33)16-20-41-32-59-50(28-47(41)55)44-13-7-12-43-42-21-17-36(29-56)25-51(42)60-52(43)44;/h1-8,10,12,17,21-28,30-32H,14-16,18-20H2;/q-3;+3/i14D2,15D2,16D2,17D,20D2,25D;. The summed E-state index contributed by atoms with van der Waals surface area (Å²) in [5.74, 6) is -2.90. The Kier molecular flexibility index (Phi) is 9.08. The number of rotatable bonds is 12. The molecule has 0 fully saturated rings. The number of furan rings is 1. The number of aryl methyl sites for hydroxylation is 6. The van der Waals surface area contributed by atoms with E-state index in [-0.39, 0.29) is 82.7 Å². The molecule has 9 heteroatoms. The molecule has 0 saturated heterocycles. The zero-order valence-corrected chi connectivity index (χ0v) is 34.0. The summed E-state index contributed by atoms with van der Waals surface area (Å²) in [6.07, 6.45) is -10.1. The molecule has 0 radical (unpaired) electrons. The maximum Gasteiger partial charge on any atom is 3.00 e. The summed E-state index contributed by atoms with van der Waals surface area (Å²) in [5.41, 5.74) is -1.41. The van der Waals surface area contributed by atoms with Crippen molar-refractivity contribution in [2.75, 3.05) is 0 Å². The number of nitriles is 1. The molecule has 0 aliphatic heterocycles. The van der Waals surface area contributed by atoms with Crippen LogP contribution in [0.4, 0.5) is 13.2 Å². The van der Waals surface area contributed by atoms with Crippen LogP contribution in [0.3, 0.4) is 0 Å². The third-order valence-corrected chi connectivity index (χ3v) is 9.58. The molecule has 5 nitrogen and oxygen atoms in total. The van der Waals surface area contributed by atoms with E-state index in [0.717, 1.165) is 55.0 Å². The van der Waals surface area contributed by atoms with Crippen LogP contribution in [0.1, 0.15) is 52.7 Å². The summed E-state index contributed by atoms with van der Waals surface area (Å²) in [5, 5.41) is 10.2. The normalized spacial score (nSPS) is 14.5. The van der Waals surface area contributed by atoms with Crippen LogP contribution in [0.25, 0.3) is 55.7 Å². The predicted octanol–water partition coefficient (Wildman–Crippen LogP) is 11.8. The Bertz CT molecular complexity index is 3440. The molecule has 61 heavy (non-hydrogen) atoms. The molecular weight excluding hydrogens is 946 g/mol. The number of hydrogen-bond donors (Lipinski definition) is 0. The topological polar surface area (TPSA) is 75.6 Å². The average molecular weight is 990 g/mol. The van der Waals surface area contributed by atoms with Crippen molar-refractivity contribution in [2.24, 2.45) is 0 Å². The van der Waals surface area contributed by atoms with Crippen LogP contribution in [0.2, 0.25) is 0 Å². The van der Waals surface area contributed by atoms with Gasteiger partial charge in [0.1, 0.15) is 23.0 Å². The number of aromatic nitrogens is 3. The molecule has 0 bridgehead atoms. The molecule has 9 rings (SSSR count). The quantitative estimate of drug-likeness (QED) is 0.114. The third-order valence-electron chi connectivity index (χ3n) is 9.58. The van der Waals surface area contributed by atoms with Gasteiger partial charge in [-0.3, -0.25) is 0 Å². The van der Waals surface area contributed by atoms with Gasteiger partial charge in [0.15, 0.2) is 0 Å². The summed E-state index contributed by atoms with van der Waals surface area (Å²) in [4.78, 5) is 12.9. The molecular formula is C52H34F3IrN4O. The zero-order valence-electron chi connectivity index (χ0n) is 41.6. The molecule has 0 saturated carbocycles. The van der Waals surface area contributed by atoms with Gasteiger partial charge < -0.3 is 19.4 Å². The van der Waals surface area contributed by atoms with E-state index >= 15 is 13.2 Å². The Morgan fingerprint density at radius 1 is 0.623 bits per heavy atom. The van der Waals surface area contributed by atoms with E-state index in [1.807, 2.05) is 6.07 Å². The average Bonchev–Trinajstić information content (AvgIpc) is 3.72. The second kappa shape index (κ2) is 18.3. The fourth-order valence-corrected chi connectivity index (χ4v) is 6.54. The van der Waals surface area contributed by atoms with Crippen LogP contribution >= 0.6 is 0 Å². The van der Waals surface area contributed by atoms with Gasteiger partial charge in [-0.1, -0.05) is 35.2 Å². The fourth-order valence-electron chi connectivity index (χ4n) is 6.54. The summed E-state index contributed by atoms with van der Waals surface area (Å²) in [7, 11) is 0. The van der Waals surface area contributed by atoms with Crippen molar-refractivity contribution >= 4 is 21.9 Å². The van der Waals surface area contributed by atoms with Crippen LogP contribution in [-0.4, -0.2) is 15.0 Å². The second-order valence-electron chi connectivity index (χ2n) is 13.5. The van der Waals surface area contributed by atoms with Crippen LogP contribution < -0.4 is 0 Å². The second-order valence-corrected chi connectivity index (χ2v) is 13.5. The van der Waals surface area contributed by atoms with Gasteiger partial charge in [-0.15, -0.1) is 90.0 Å². The fraction of sp³-hybridized carbons (Fsp3) is 0.115. The van der Waals surface area contributed by atoms with Gasteiger partial charge in [0.2, 0.25) is 0 Å². The van der Waals surface area contributed by atoms with E-state index in [1.54, 1.807) is 54.6 Å². The van der Waals surface area contributed by atoms with Crippen LogP contribution in [0.15, 0.2) is 138 Å². The molecule has 0 amide bonds. The van der Waals surface area contributed by atoms with Crippen LogP contribution in [0.5, 0.6) is 0 Å². The summed E-state index contributed by atoms with van der Waals surface area (Å²) < 4.78 is 144. The molecule has 0 aliphatic rings. The molecule has 298 valence electrons. The zero-order chi connectivity index (χ0) is 49.9. The van der Waals surface area contributed by atoms with Crippen molar-refractivity contribution in [2.45, 2.75) is 38.3 Å². The first-order valence-corrected chi connectivity index (χ1v) is 18.5. The van der Waals surface area contributed by atoms with Crippen molar-refractivity contribution in [3.8, 4) is 39.8 Å². The molecule has 0 atom stereocenters. The van der Waals surface area contributed by atoms with Crippen molar-refractivity contribution in [3.05, 3.63) is 208 Å². The molecule has 0 aliphatic carbocycles. The van der Waals surface area contributed by atoms with E-state index in [9.17, 15) is 16.2 Å². The Labute approximate surface area is 379 Å². The number of hydrogen-bond acceptors (Lipinski definition) is 5. The van der Waals surface area contributed by atoms with Crippen LogP contribution in [0, 0.1) is 47.0 Å². The Morgan fingerprint density at radius 2 is 1.18 bits per heavy atom. The summed E-state index contributed by atoms with van der Waals surface area (Å²) >= 11 is 0. The van der Waals surface area contributed by atoms with Crippen LogP contribution in [-0.2, 0) is 58.4 Å². The summed E-state index contributed by atoms with van der Waals surface area (Å²) in [6.45, 7) is 0. The number of benzene rings is 5. The van der Waals surface area contributed by atoms with Gasteiger partial charge in [-0.05, 0) is 102 Å². The van der Waals surface area contributed by atoms with Gasteiger partial charge >= 0.3 is 20.1 Å². The van der Waals surface area contributed by atoms with E-state index in [0.29, 0.717) is 21.9 Å². The first-order chi connectivity index (χ1) is 33.2. The monoisotopic (exact) mass is 990 g/mol. The van der Waals surface area contributed by atoms with Crippen molar-refractivity contribution in [1.29, 1.82) is 5.26 Å². The van der Waals surface area contributed by atoms with Crippen molar-refractivity contribution < 1.29 is 51.4 Å². The molecule has 9 aromatic rings. The first kappa shape index (κ1) is 30.3. The minimum absolute atomic E-state index is 0. The number of nitrogens with zero attached hydrogens (tertiary/aromatic N) is 4.